The molecule has 0 N–H and O–H groups in total. The van der Waals surface area contributed by atoms with E-state index in [1.54, 1.807) is 0 Å². The molecule has 2 rings (SSSR count). The fraction of sp³-hybridized carbons (Fsp3) is 0.350. The van der Waals surface area contributed by atoms with Gasteiger partial charge < -0.3 is 4.90 Å². The van der Waals surface area contributed by atoms with Gasteiger partial charge in [-0.3, -0.25) is 0 Å². The fourth-order valence-corrected chi connectivity index (χ4v) is 3.66. The molecule has 0 saturated heterocycles. The number of nitrogens with zero attached hydrogens (tertiary/aromatic N) is 2. The van der Waals surface area contributed by atoms with Crippen molar-refractivity contribution in [2.45, 2.75) is 23.2 Å². The van der Waals surface area contributed by atoms with Crippen molar-refractivity contribution >= 4 is 11.8 Å². The molecule has 120 valence electrons. The van der Waals surface area contributed by atoms with Gasteiger partial charge in [0.1, 0.15) is 0 Å². The van der Waals surface area contributed by atoms with Crippen LogP contribution < -0.4 is 0 Å². The molecule has 23 heavy (non-hydrogen) atoms. The Labute approximate surface area is 144 Å². The quantitative estimate of drug-likeness (QED) is 0.665. The second-order valence-corrected chi connectivity index (χ2v) is 7.19. The summed E-state index contributed by atoms with van der Waals surface area (Å²) < 4.78 is 0. The van der Waals surface area contributed by atoms with E-state index in [-0.39, 0.29) is 0 Å². The summed E-state index contributed by atoms with van der Waals surface area (Å²) in [5.41, 5.74) is 0.728. The van der Waals surface area contributed by atoms with Gasteiger partial charge in [0, 0.05) is 4.90 Å². The minimum atomic E-state index is -0.409. The number of hydrogen-bond donors (Lipinski definition) is 0. The summed E-state index contributed by atoms with van der Waals surface area (Å²) in [6.07, 6.45) is 1.72. The van der Waals surface area contributed by atoms with Crippen LogP contribution in [0.4, 0.5) is 0 Å². The zero-order chi connectivity index (χ0) is 16.5. The standard InChI is InChI=1S/C20H24N2S/c1-22(2)15-13-20(17-21,18-9-5-3-6-10-18)14-16-23-19-11-7-4-8-12-19/h3-12H,13-16H2,1-2H3. The number of thioether (sulfide) groups is 1. The lowest BCUT2D eigenvalue weighted by atomic mass is 9.76. The van der Waals surface area contributed by atoms with Gasteiger partial charge in [-0.05, 0) is 56.9 Å². The van der Waals surface area contributed by atoms with Crippen molar-refractivity contribution < 1.29 is 0 Å². The van der Waals surface area contributed by atoms with Gasteiger partial charge in [-0.2, -0.15) is 5.26 Å². The summed E-state index contributed by atoms with van der Waals surface area (Å²) in [5, 5.41) is 9.96. The Morgan fingerprint density at radius 1 is 0.957 bits per heavy atom. The zero-order valence-electron chi connectivity index (χ0n) is 13.9. The first kappa shape index (κ1) is 17.6. The maximum atomic E-state index is 9.96. The van der Waals surface area contributed by atoms with Crippen molar-refractivity contribution in [2.24, 2.45) is 0 Å². The van der Waals surface area contributed by atoms with Crippen LogP contribution in [0.1, 0.15) is 18.4 Å². The Bertz CT molecular complexity index is 619. The third-order valence-electron chi connectivity index (χ3n) is 4.07. The minimum Gasteiger partial charge on any atom is -0.309 e. The van der Waals surface area contributed by atoms with Gasteiger partial charge in [0.15, 0.2) is 0 Å². The van der Waals surface area contributed by atoms with Gasteiger partial charge in [-0.15, -0.1) is 11.8 Å². The van der Waals surface area contributed by atoms with Gasteiger partial charge in [-0.25, -0.2) is 0 Å². The summed E-state index contributed by atoms with van der Waals surface area (Å²) in [6, 6.07) is 23.3. The topological polar surface area (TPSA) is 27.0 Å². The molecule has 0 amide bonds. The van der Waals surface area contributed by atoms with Crippen molar-refractivity contribution in [1.82, 2.24) is 4.90 Å². The van der Waals surface area contributed by atoms with Gasteiger partial charge in [0.25, 0.3) is 0 Å². The van der Waals surface area contributed by atoms with Crippen LogP contribution in [0.5, 0.6) is 0 Å². The van der Waals surface area contributed by atoms with Crippen molar-refractivity contribution in [3.63, 3.8) is 0 Å². The smallest absolute Gasteiger partial charge is 0.0842 e. The highest BCUT2D eigenvalue weighted by Gasteiger charge is 2.31. The van der Waals surface area contributed by atoms with E-state index < -0.39 is 5.41 Å². The highest BCUT2D eigenvalue weighted by atomic mass is 32.2. The van der Waals surface area contributed by atoms with E-state index in [1.807, 2.05) is 36.0 Å². The van der Waals surface area contributed by atoms with E-state index in [1.165, 1.54) is 4.90 Å². The summed E-state index contributed by atoms with van der Waals surface area (Å²) >= 11 is 1.83. The molecular weight excluding hydrogens is 300 g/mol. The predicted octanol–water partition coefficient (Wildman–Crippen LogP) is 4.58. The molecule has 2 aromatic carbocycles. The van der Waals surface area contributed by atoms with Crippen LogP contribution in [0.2, 0.25) is 0 Å². The first-order valence-electron chi connectivity index (χ1n) is 7.96. The molecule has 1 atom stereocenters. The minimum absolute atomic E-state index is 0.409. The molecule has 0 heterocycles. The summed E-state index contributed by atoms with van der Waals surface area (Å²) in [5.74, 6) is 0.944. The monoisotopic (exact) mass is 324 g/mol. The van der Waals surface area contributed by atoms with E-state index in [0.29, 0.717) is 0 Å². The van der Waals surface area contributed by atoms with E-state index in [2.05, 4.69) is 61.5 Å². The first-order valence-corrected chi connectivity index (χ1v) is 8.94. The molecule has 1 unspecified atom stereocenters. The Morgan fingerprint density at radius 2 is 1.57 bits per heavy atom. The third-order valence-corrected chi connectivity index (χ3v) is 5.08. The number of hydrogen-bond acceptors (Lipinski definition) is 3. The van der Waals surface area contributed by atoms with E-state index in [0.717, 1.165) is 30.7 Å². The van der Waals surface area contributed by atoms with Crippen molar-refractivity contribution in [3.8, 4) is 6.07 Å². The average Bonchev–Trinajstić information content (AvgIpc) is 2.60. The maximum absolute atomic E-state index is 9.96. The first-order chi connectivity index (χ1) is 11.2. The number of rotatable bonds is 8. The summed E-state index contributed by atoms with van der Waals surface area (Å²) in [7, 11) is 4.12. The van der Waals surface area contributed by atoms with Crippen molar-refractivity contribution in [2.75, 3.05) is 26.4 Å². The fourth-order valence-electron chi connectivity index (χ4n) is 2.62. The Morgan fingerprint density at radius 3 is 2.13 bits per heavy atom. The van der Waals surface area contributed by atoms with Crippen LogP contribution in [-0.4, -0.2) is 31.3 Å². The van der Waals surface area contributed by atoms with Crippen LogP contribution in [0.25, 0.3) is 0 Å². The molecular formula is C20H24N2S. The average molecular weight is 324 g/mol. The molecule has 0 aliphatic carbocycles. The Balaban J connectivity index is 2.11. The number of benzene rings is 2. The lowest BCUT2D eigenvalue weighted by Gasteiger charge is -2.28. The highest BCUT2D eigenvalue weighted by Crippen LogP contribution is 2.34. The van der Waals surface area contributed by atoms with Crippen LogP contribution in [0.15, 0.2) is 65.6 Å². The molecule has 0 aromatic heterocycles. The van der Waals surface area contributed by atoms with Gasteiger partial charge in [0.05, 0.1) is 11.5 Å². The van der Waals surface area contributed by atoms with E-state index >= 15 is 0 Å². The van der Waals surface area contributed by atoms with Gasteiger partial charge in [0.2, 0.25) is 0 Å². The van der Waals surface area contributed by atoms with Crippen LogP contribution in [0, 0.1) is 11.3 Å². The summed E-state index contributed by atoms with van der Waals surface area (Å²) in [6.45, 7) is 0.915. The van der Waals surface area contributed by atoms with Gasteiger partial charge in [-0.1, -0.05) is 48.5 Å². The second-order valence-electron chi connectivity index (χ2n) is 6.02. The lowest BCUT2D eigenvalue weighted by Crippen LogP contribution is -2.30. The largest absolute Gasteiger partial charge is 0.309 e. The van der Waals surface area contributed by atoms with Crippen molar-refractivity contribution in [1.29, 1.82) is 5.26 Å². The SMILES string of the molecule is CN(C)CCC(C#N)(CCSc1ccccc1)c1ccccc1. The molecule has 3 heteroatoms. The molecule has 0 fully saturated rings. The van der Waals surface area contributed by atoms with Crippen LogP contribution in [0.3, 0.4) is 0 Å². The molecule has 2 aromatic rings. The molecule has 2 nitrogen and oxygen atoms in total. The van der Waals surface area contributed by atoms with E-state index in [4.69, 9.17) is 0 Å². The maximum Gasteiger partial charge on any atom is 0.0842 e. The van der Waals surface area contributed by atoms with E-state index in [9.17, 15) is 5.26 Å². The molecule has 0 aliphatic heterocycles. The summed E-state index contributed by atoms with van der Waals surface area (Å²) in [4.78, 5) is 3.42. The molecule has 0 radical (unpaired) electrons. The Hall–Kier alpha value is -1.76. The second kappa shape index (κ2) is 8.76. The zero-order valence-corrected chi connectivity index (χ0v) is 14.7. The van der Waals surface area contributed by atoms with Crippen LogP contribution in [-0.2, 0) is 5.41 Å². The van der Waals surface area contributed by atoms with Crippen molar-refractivity contribution in [3.05, 3.63) is 66.2 Å². The van der Waals surface area contributed by atoms with Gasteiger partial charge >= 0.3 is 0 Å². The molecule has 0 saturated carbocycles. The lowest BCUT2D eigenvalue weighted by molar-refractivity contribution is 0.348. The Kier molecular flexibility index (Phi) is 6.70. The van der Waals surface area contributed by atoms with Crippen LogP contribution >= 0.6 is 11.8 Å². The molecule has 0 spiro atoms. The highest BCUT2D eigenvalue weighted by molar-refractivity contribution is 7.99. The normalized spacial score (nSPS) is 13.5. The molecule has 0 bridgehead atoms. The number of nitriles is 1. The molecule has 0 aliphatic rings. The third kappa shape index (κ3) is 5.13. The predicted molar refractivity (Wildman–Crippen MR) is 98.7 cm³/mol.